The molecule has 3 unspecified atom stereocenters. The Morgan fingerprint density at radius 2 is 2.08 bits per heavy atom. The van der Waals surface area contributed by atoms with E-state index in [1.807, 2.05) is 0 Å². The molecule has 2 heteroatoms. The fourth-order valence-corrected chi connectivity index (χ4v) is 2.23. The number of rotatable bonds is 4. The van der Waals surface area contributed by atoms with Crippen LogP contribution in [0.5, 0.6) is 0 Å². The zero-order chi connectivity index (χ0) is 9.84. The van der Waals surface area contributed by atoms with E-state index in [-0.39, 0.29) is 0 Å². The minimum atomic E-state index is 0.296. The lowest BCUT2D eigenvalue weighted by Crippen LogP contribution is -2.33. The summed E-state index contributed by atoms with van der Waals surface area (Å²) in [5, 5.41) is 0. The summed E-state index contributed by atoms with van der Waals surface area (Å²) >= 11 is 0. The molecule has 2 N–H and O–H groups in total. The Kier molecular flexibility index (Phi) is 4.20. The Morgan fingerprint density at radius 1 is 1.38 bits per heavy atom. The van der Waals surface area contributed by atoms with E-state index in [0.717, 1.165) is 13.0 Å². The maximum Gasteiger partial charge on any atom is 0.0579 e. The van der Waals surface area contributed by atoms with Crippen molar-refractivity contribution in [3.05, 3.63) is 0 Å². The zero-order valence-corrected chi connectivity index (χ0v) is 9.12. The van der Waals surface area contributed by atoms with Crippen LogP contribution in [0, 0.1) is 11.8 Å². The van der Waals surface area contributed by atoms with E-state index in [4.69, 9.17) is 10.5 Å². The van der Waals surface area contributed by atoms with Crippen LogP contribution >= 0.6 is 0 Å². The summed E-state index contributed by atoms with van der Waals surface area (Å²) in [7, 11) is 0. The first-order valence-corrected chi connectivity index (χ1v) is 5.48. The van der Waals surface area contributed by atoms with Crippen molar-refractivity contribution >= 4 is 0 Å². The largest absolute Gasteiger partial charge is 0.378 e. The molecular formula is C11H23NO. The van der Waals surface area contributed by atoms with Crippen molar-refractivity contribution in [2.24, 2.45) is 17.6 Å². The third kappa shape index (κ3) is 3.28. The highest BCUT2D eigenvalue weighted by molar-refractivity contribution is 4.77. The van der Waals surface area contributed by atoms with Gasteiger partial charge in [-0.05, 0) is 38.0 Å². The summed E-state index contributed by atoms with van der Waals surface area (Å²) in [6, 6.07) is 0.296. The quantitative estimate of drug-likeness (QED) is 0.728. The maximum absolute atomic E-state index is 5.96. The molecule has 0 radical (unpaired) electrons. The smallest absolute Gasteiger partial charge is 0.0579 e. The molecule has 13 heavy (non-hydrogen) atoms. The molecule has 0 aromatic rings. The van der Waals surface area contributed by atoms with Gasteiger partial charge in [0, 0.05) is 12.6 Å². The van der Waals surface area contributed by atoms with E-state index in [0.29, 0.717) is 24.0 Å². The fraction of sp³-hybridized carbons (Fsp3) is 1.00. The van der Waals surface area contributed by atoms with Crippen LogP contribution in [0.3, 0.4) is 0 Å². The van der Waals surface area contributed by atoms with E-state index in [1.165, 1.54) is 12.8 Å². The molecule has 1 rings (SSSR count). The Labute approximate surface area is 81.8 Å². The molecule has 1 saturated heterocycles. The molecule has 3 atom stereocenters. The van der Waals surface area contributed by atoms with Crippen LogP contribution in [0.2, 0.25) is 0 Å². The van der Waals surface area contributed by atoms with E-state index in [2.05, 4.69) is 20.8 Å². The number of hydrogen-bond donors (Lipinski definition) is 1. The fourth-order valence-electron chi connectivity index (χ4n) is 2.23. The molecular weight excluding hydrogens is 162 g/mol. The van der Waals surface area contributed by atoms with Gasteiger partial charge < -0.3 is 10.5 Å². The zero-order valence-electron chi connectivity index (χ0n) is 9.12. The average Bonchev–Trinajstić information content (AvgIpc) is 2.50. The number of hydrogen-bond acceptors (Lipinski definition) is 2. The third-order valence-corrected chi connectivity index (χ3v) is 3.09. The van der Waals surface area contributed by atoms with Crippen LogP contribution in [0.4, 0.5) is 0 Å². The first-order chi connectivity index (χ1) is 6.11. The molecule has 0 aliphatic carbocycles. The average molecular weight is 185 g/mol. The predicted molar refractivity (Wildman–Crippen MR) is 55.6 cm³/mol. The molecule has 0 saturated carbocycles. The number of nitrogens with two attached hydrogens (primary N) is 1. The normalized spacial score (nSPS) is 27.9. The Balaban J connectivity index is 2.37. The molecule has 1 aliphatic heterocycles. The lowest BCUT2D eigenvalue weighted by Gasteiger charge is -2.27. The van der Waals surface area contributed by atoms with Crippen LogP contribution in [0.1, 0.15) is 40.0 Å². The first-order valence-electron chi connectivity index (χ1n) is 5.48. The molecule has 0 bridgehead atoms. The third-order valence-electron chi connectivity index (χ3n) is 3.09. The van der Waals surface area contributed by atoms with Crippen molar-refractivity contribution < 1.29 is 4.74 Å². The Hall–Kier alpha value is -0.0800. The van der Waals surface area contributed by atoms with Crippen molar-refractivity contribution in [2.75, 3.05) is 6.61 Å². The SMILES string of the molecule is CC(C)C(CC1CCCO1)C(C)N. The van der Waals surface area contributed by atoms with Gasteiger partial charge in [0.05, 0.1) is 6.10 Å². The van der Waals surface area contributed by atoms with E-state index in [1.54, 1.807) is 0 Å². The minimum absolute atomic E-state index is 0.296. The van der Waals surface area contributed by atoms with Crippen molar-refractivity contribution in [1.82, 2.24) is 0 Å². The molecule has 1 fully saturated rings. The van der Waals surface area contributed by atoms with Gasteiger partial charge in [-0.1, -0.05) is 13.8 Å². The van der Waals surface area contributed by atoms with Crippen LogP contribution in [0.15, 0.2) is 0 Å². The van der Waals surface area contributed by atoms with E-state index in [9.17, 15) is 0 Å². The van der Waals surface area contributed by atoms with Crippen LogP contribution < -0.4 is 5.73 Å². The monoisotopic (exact) mass is 185 g/mol. The molecule has 1 heterocycles. The summed E-state index contributed by atoms with van der Waals surface area (Å²) in [4.78, 5) is 0. The summed E-state index contributed by atoms with van der Waals surface area (Å²) in [5.74, 6) is 1.28. The molecule has 0 amide bonds. The lowest BCUT2D eigenvalue weighted by molar-refractivity contribution is 0.0775. The second kappa shape index (κ2) is 4.97. The van der Waals surface area contributed by atoms with Gasteiger partial charge in [0.1, 0.15) is 0 Å². The van der Waals surface area contributed by atoms with Gasteiger partial charge in [0.15, 0.2) is 0 Å². The summed E-state index contributed by atoms with van der Waals surface area (Å²) in [6.07, 6.45) is 4.10. The molecule has 0 aromatic carbocycles. The van der Waals surface area contributed by atoms with Gasteiger partial charge in [0.25, 0.3) is 0 Å². The second-order valence-electron chi connectivity index (χ2n) is 4.64. The predicted octanol–water partition coefficient (Wildman–Crippen LogP) is 2.17. The van der Waals surface area contributed by atoms with Gasteiger partial charge >= 0.3 is 0 Å². The number of ether oxygens (including phenoxy) is 1. The van der Waals surface area contributed by atoms with Crippen molar-refractivity contribution in [3.8, 4) is 0 Å². The molecule has 0 aromatic heterocycles. The van der Waals surface area contributed by atoms with Gasteiger partial charge in [-0.2, -0.15) is 0 Å². The first kappa shape index (κ1) is 11.0. The van der Waals surface area contributed by atoms with E-state index >= 15 is 0 Å². The van der Waals surface area contributed by atoms with Gasteiger partial charge in [0.2, 0.25) is 0 Å². The second-order valence-corrected chi connectivity index (χ2v) is 4.64. The lowest BCUT2D eigenvalue weighted by atomic mass is 9.84. The van der Waals surface area contributed by atoms with Gasteiger partial charge in [-0.15, -0.1) is 0 Å². The van der Waals surface area contributed by atoms with Crippen LogP contribution in [-0.2, 0) is 4.74 Å². The van der Waals surface area contributed by atoms with E-state index < -0.39 is 0 Å². The molecule has 0 spiro atoms. The Morgan fingerprint density at radius 3 is 2.46 bits per heavy atom. The highest BCUT2D eigenvalue weighted by Crippen LogP contribution is 2.26. The standard InChI is InChI=1S/C11H23NO/c1-8(2)11(9(3)12)7-10-5-4-6-13-10/h8-11H,4-7,12H2,1-3H3. The highest BCUT2D eigenvalue weighted by Gasteiger charge is 2.25. The molecule has 78 valence electrons. The topological polar surface area (TPSA) is 35.2 Å². The summed E-state index contributed by atoms with van der Waals surface area (Å²) in [6.45, 7) is 7.57. The summed E-state index contributed by atoms with van der Waals surface area (Å²) in [5.41, 5.74) is 5.96. The summed E-state index contributed by atoms with van der Waals surface area (Å²) < 4.78 is 5.63. The van der Waals surface area contributed by atoms with Crippen molar-refractivity contribution in [3.63, 3.8) is 0 Å². The molecule has 2 nitrogen and oxygen atoms in total. The minimum Gasteiger partial charge on any atom is -0.378 e. The van der Waals surface area contributed by atoms with Crippen molar-refractivity contribution in [2.45, 2.75) is 52.2 Å². The van der Waals surface area contributed by atoms with Crippen molar-refractivity contribution in [1.29, 1.82) is 0 Å². The van der Waals surface area contributed by atoms with Gasteiger partial charge in [-0.25, -0.2) is 0 Å². The van der Waals surface area contributed by atoms with Crippen LogP contribution in [-0.4, -0.2) is 18.8 Å². The Bertz CT molecular complexity index is 131. The highest BCUT2D eigenvalue weighted by atomic mass is 16.5. The van der Waals surface area contributed by atoms with Gasteiger partial charge in [-0.3, -0.25) is 0 Å². The molecule has 1 aliphatic rings. The van der Waals surface area contributed by atoms with Crippen LogP contribution in [0.25, 0.3) is 0 Å². The maximum atomic E-state index is 5.96.